The first-order chi connectivity index (χ1) is 5.88. The Morgan fingerprint density at radius 2 is 2.25 bits per heavy atom. The Labute approximate surface area is 81.1 Å². The predicted octanol–water partition coefficient (Wildman–Crippen LogP) is 2.26. The van der Waals surface area contributed by atoms with Crippen LogP contribution in [0.25, 0.3) is 0 Å². The standard InChI is InChI=1S/C8H11ClN2S/c9-7-5-11-12-8(7)6-1-3-10-4-2-6/h5-6,10H,1-4H2. The highest BCUT2D eigenvalue weighted by Crippen LogP contribution is 2.33. The van der Waals surface area contributed by atoms with E-state index in [1.165, 1.54) is 17.7 Å². The quantitative estimate of drug-likeness (QED) is 0.756. The molecule has 1 aromatic rings. The van der Waals surface area contributed by atoms with Gasteiger partial charge in [-0.1, -0.05) is 11.6 Å². The average molecular weight is 203 g/mol. The van der Waals surface area contributed by atoms with Crippen LogP contribution in [0.15, 0.2) is 6.20 Å². The number of rotatable bonds is 1. The Morgan fingerprint density at radius 3 is 2.83 bits per heavy atom. The molecule has 1 saturated heterocycles. The number of nitrogens with zero attached hydrogens (tertiary/aromatic N) is 1. The zero-order chi connectivity index (χ0) is 8.39. The lowest BCUT2D eigenvalue weighted by Gasteiger charge is -2.21. The van der Waals surface area contributed by atoms with Crippen molar-refractivity contribution < 1.29 is 0 Å². The molecular weight excluding hydrogens is 192 g/mol. The Hall–Kier alpha value is -0.120. The molecule has 2 heterocycles. The van der Waals surface area contributed by atoms with Gasteiger partial charge in [-0.05, 0) is 43.4 Å². The second-order valence-electron chi connectivity index (χ2n) is 3.06. The van der Waals surface area contributed by atoms with Gasteiger partial charge in [-0.15, -0.1) is 0 Å². The molecule has 1 aromatic heterocycles. The first kappa shape index (κ1) is 8.48. The van der Waals surface area contributed by atoms with Crippen molar-refractivity contribution in [2.24, 2.45) is 0 Å². The molecule has 1 aliphatic rings. The smallest absolute Gasteiger partial charge is 0.0748 e. The molecule has 0 atom stereocenters. The van der Waals surface area contributed by atoms with Crippen molar-refractivity contribution in [2.45, 2.75) is 18.8 Å². The van der Waals surface area contributed by atoms with Gasteiger partial charge in [0.1, 0.15) is 0 Å². The summed E-state index contributed by atoms with van der Waals surface area (Å²) in [7, 11) is 0. The number of piperidine rings is 1. The fraction of sp³-hybridized carbons (Fsp3) is 0.625. The van der Waals surface area contributed by atoms with Crippen LogP contribution in [0.2, 0.25) is 5.02 Å². The van der Waals surface area contributed by atoms with Crippen molar-refractivity contribution in [3.8, 4) is 0 Å². The van der Waals surface area contributed by atoms with Crippen LogP contribution in [0.1, 0.15) is 23.6 Å². The molecule has 12 heavy (non-hydrogen) atoms. The van der Waals surface area contributed by atoms with Gasteiger partial charge in [0.05, 0.1) is 11.2 Å². The Balaban J connectivity index is 2.13. The molecular formula is C8H11ClN2S. The predicted molar refractivity (Wildman–Crippen MR) is 52.0 cm³/mol. The summed E-state index contributed by atoms with van der Waals surface area (Å²) in [5, 5.41) is 4.19. The van der Waals surface area contributed by atoms with Crippen LogP contribution in [-0.2, 0) is 0 Å². The molecule has 0 unspecified atom stereocenters. The molecule has 0 saturated carbocycles. The van der Waals surface area contributed by atoms with Crippen LogP contribution in [0.4, 0.5) is 0 Å². The third kappa shape index (κ3) is 1.63. The maximum atomic E-state index is 6.00. The third-order valence-electron chi connectivity index (χ3n) is 2.26. The van der Waals surface area contributed by atoms with Gasteiger partial charge in [0, 0.05) is 4.88 Å². The van der Waals surface area contributed by atoms with Crippen molar-refractivity contribution in [3.05, 3.63) is 16.1 Å². The highest BCUT2D eigenvalue weighted by Gasteiger charge is 2.19. The number of hydrogen-bond donors (Lipinski definition) is 1. The highest BCUT2D eigenvalue weighted by molar-refractivity contribution is 7.06. The van der Waals surface area contributed by atoms with Crippen LogP contribution < -0.4 is 5.32 Å². The van der Waals surface area contributed by atoms with E-state index in [1.54, 1.807) is 17.7 Å². The second-order valence-corrected chi connectivity index (χ2v) is 4.30. The summed E-state index contributed by atoms with van der Waals surface area (Å²) in [6.45, 7) is 2.22. The second kappa shape index (κ2) is 3.73. The van der Waals surface area contributed by atoms with Gasteiger partial charge in [0.25, 0.3) is 0 Å². The summed E-state index contributed by atoms with van der Waals surface area (Å²) in [5.41, 5.74) is 0. The van der Waals surface area contributed by atoms with Gasteiger partial charge >= 0.3 is 0 Å². The third-order valence-corrected chi connectivity index (χ3v) is 3.64. The van der Waals surface area contributed by atoms with E-state index in [2.05, 4.69) is 9.69 Å². The average Bonchev–Trinajstić information content (AvgIpc) is 2.53. The van der Waals surface area contributed by atoms with Gasteiger partial charge in [0.15, 0.2) is 0 Å². The summed E-state index contributed by atoms with van der Waals surface area (Å²) in [5.74, 6) is 0.645. The van der Waals surface area contributed by atoms with E-state index < -0.39 is 0 Å². The van der Waals surface area contributed by atoms with Gasteiger partial charge in [-0.25, -0.2) is 0 Å². The van der Waals surface area contributed by atoms with E-state index in [4.69, 9.17) is 11.6 Å². The molecule has 0 radical (unpaired) electrons. The van der Waals surface area contributed by atoms with E-state index in [0.717, 1.165) is 18.1 Å². The van der Waals surface area contributed by atoms with Crippen molar-refractivity contribution in [2.75, 3.05) is 13.1 Å². The molecule has 2 nitrogen and oxygen atoms in total. The molecule has 4 heteroatoms. The van der Waals surface area contributed by atoms with Crippen molar-refractivity contribution in [3.63, 3.8) is 0 Å². The molecule has 2 rings (SSSR count). The minimum absolute atomic E-state index is 0.645. The lowest BCUT2D eigenvalue weighted by molar-refractivity contribution is 0.465. The Bertz CT molecular complexity index is 255. The lowest BCUT2D eigenvalue weighted by Crippen LogP contribution is -2.26. The number of aromatic nitrogens is 1. The zero-order valence-corrected chi connectivity index (χ0v) is 8.29. The van der Waals surface area contributed by atoms with Crippen molar-refractivity contribution in [1.29, 1.82) is 0 Å². The normalized spacial score (nSPS) is 19.8. The monoisotopic (exact) mass is 202 g/mol. The van der Waals surface area contributed by atoms with Crippen molar-refractivity contribution >= 4 is 23.1 Å². The number of halogens is 1. The van der Waals surface area contributed by atoms with E-state index in [0.29, 0.717) is 5.92 Å². The molecule has 1 N–H and O–H groups in total. The van der Waals surface area contributed by atoms with E-state index in [9.17, 15) is 0 Å². The maximum absolute atomic E-state index is 6.00. The molecule has 0 spiro atoms. The van der Waals surface area contributed by atoms with Crippen LogP contribution in [0.3, 0.4) is 0 Å². The van der Waals surface area contributed by atoms with Gasteiger partial charge < -0.3 is 5.32 Å². The summed E-state index contributed by atoms with van der Waals surface area (Å²) in [4.78, 5) is 1.28. The van der Waals surface area contributed by atoms with Crippen LogP contribution in [-0.4, -0.2) is 17.5 Å². The molecule has 0 aromatic carbocycles. The summed E-state index contributed by atoms with van der Waals surface area (Å²) >= 11 is 7.55. The fourth-order valence-electron chi connectivity index (χ4n) is 1.59. The first-order valence-corrected chi connectivity index (χ1v) is 5.34. The largest absolute Gasteiger partial charge is 0.317 e. The molecule has 0 amide bonds. The SMILES string of the molecule is Clc1cnsc1C1CCNCC1. The fourth-order valence-corrected chi connectivity index (χ4v) is 2.75. The molecule has 1 aliphatic heterocycles. The lowest BCUT2D eigenvalue weighted by atomic mass is 9.97. The molecule has 0 bridgehead atoms. The summed E-state index contributed by atoms with van der Waals surface area (Å²) < 4.78 is 4.09. The minimum atomic E-state index is 0.645. The van der Waals surface area contributed by atoms with Gasteiger partial charge in [0.2, 0.25) is 0 Å². The number of nitrogens with one attached hydrogen (secondary N) is 1. The Kier molecular flexibility index (Phi) is 2.63. The van der Waals surface area contributed by atoms with Gasteiger partial charge in [-0.2, -0.15) is 4.37 Å². The maximum Gasteiger partial charge on any atom is 0.0748 e. The zero-order valence-electron chi connectivity index (χ0n) is 6.72. The summed E-state index contributed by atoms with van der Waals surface area (Å²) in [6, 6.07) is 0. The van der Waals surface area contributed by atoms with Crippen LogP contribution in [0, 0.1) is 0 Å². The number of hydrogen-bond acceptors (Lipinski definition) is 3. The van der Waals surface area contributed by atoms with E-state index in [1.807, 2.05) is 0 Å². The molecule has 0 aliphatic carbocycles. The van der Waals surface area contributed by atoms with E-state index >= 15 is 0 Å². The first-order valence-electron chi connectivity index (χ1n) is 4.18. The molecule has 1 fully saturated rings. The molecule has 66 valence electrons. The van der Waals surface area contributed by atoms with Crippen LogP contribution >= 0.6 is 23.1 Å². The van der Waals surface area contributed by atoms with Crippen molar-refractivity contribution in [1.82, 2.24) is 9.69 Å². The summed E-state index contributed by atoms with van der Waals surface area (Å²) in [6.07, 6.45) is 4.15. The van der Waals surface area contributed by atoms with Crippen LogP contribution in [0.5, 0.6) is 0 Å². The highest BCUT2D eigenvalue weighted by atomic mass is 35.5. The minimum Gasteiger partial charge on any atom is -0.317 e. The topological polar surface area (TPSA) is 24.9 Å². The Morgan fingerprint density at radius 1 is 1.50 bits per heavy atom. The van der Waals surface area contributed by atoms with Gasteiger partial charge in [-0.3, -0.25) is 0 Å². The van der Waals surface area contributed by atoms with E-state index in [-0.39, 0.29) is 0 Å².